The Bertz CT molecular complexity index is 497. The van der Waals surface area contributed by atoms with E-state index in [1.165, 1.54) is 5.56 Å². The van der Waals surface area contributed by atoms with Gasteiger partial charge in [0.2, 0.25) is 0 Å². The van der Waals surface area contributed by atoms with Gasteiger partial charge in [-0.2, -0.15) is 5.10 Å². The van der Waals surface area contributed by atoms with E-state index >= 15 is 0 Å². The van der Waals surface area contributed by atoms with Crippen LogP contribution >= 0.6 is 23.2 Å². The summed E-state index contributed by atoms with van der Waals surface area (Å²) in [5.41, 5.74) is 2.96. The second-order valence-corrected chi connectivity index (χ2v) is 4.42. The maximum atomic E-state index is 6.12. The molecule has 0 bridgehead atoms. The standard InChI is InChI=1S/C12H12Cl2N2/c1-3-9-7-16(15-8(9)2)12-10(13)5-4-6-11(12)14/h4-7H,3H2,1-2H3. The molecule has 2 rings (SSSR count). The van der Waals surface area contributed by atoms with E-state index in [4.69, 9.17) is 23.2 Å². The van der Waals surface area contributed by atoms with Crippen molar-refractivity contribution in [2.45, 2.75) is 20.3 Å². The van der Waals surface area contributed by atoms with Gasteiger partial charge in [0.25, 0.3) is 0 Å². The van der Waals surface area contributed by atoms with Crippen molar-refractivity contribution in [3.8, 4) is 5.69 Å². The van der Waals surface area contributed by atoms with Crippen LogP contribution < -0.4 is 0 Å². The molecule has 16 heavy (non-hydrogen) atoms. The van der Waals surface area contributed by atoms with Crippen LogP contribution in [0.1, 0.15) is 18.2 Å². The Labute approximate surface area is 105 Å². The molecule has 0 aliphatic rings. The second-order valence-electron chi connectivity index (χ2n) is 3.61. The number of para-hydroxylation sites is 1. The van der Waals surface area contributed by atoms with Gasteiger partial charge in [0.15, 0.2) is 0 Å². The van der Waals surface area contributed by atoms with E-state index in [-0.39, 0.29) is 0 Å². The van der Waals surface area contributed by atoms with Crippen molar-refractivity contribution in [3.63, 3.8) is 0 Å². The summed E-state index contributed by atoms with van der Waals surface area (Å²) in [6.45, 7) is 4.09. The molecular weight excluding hydrogens is 243 g/mol. The third-order valence-electron chi connectivity index (χ3n) is 2.55. The number of aryl methyl sites for hydroxylation is 2. The van der Waals surface area contributed by atoms with Crippen molar-refractivity contribution < 1.29 is 0 Å². The summed E-state index contributed by atoms with van der Waals surface area (Å²) < 4.78 is 1.75. The lowest BCUT2D eigenvalue weighted by Gasteiger charge is -2.05. The van der Waals surface area contributed by atoms with E-state index in [1.54, 1.807) is 4.68 Å². The molecule has 0 saturated carbocycles. The number of hydrogen-bond acceptors (Lipinski definition) is 1. The summed E-state index contributed by atoms with van der Waals surface area (Å²) in [5.74, 6) is 0. The maximum absolute atomic E-state index is 6.12. The Balaban J connectivity index is 2.58. The number of benzene rings is 1. The van der Waals surface area contributed by atoms with E-state index in [2.05, 4.69) is 12.0 Å². The predicted octanol–water partition coefficient (Wildman–Crippen LogP) is 4.05. The van der Waals surface area contributed by atoms with Crippen molar-refractivity contribution in [2.75, 3.05) is 0 Å². The molecule has 0 aliphatic carbocycles. The largest absolute Gasteiger partial charge is 0.237 e. The number of nitrogens with zero attached hydrogens (tertiary/aromatic N) is 2. The zero-order valence-corrected chi connectivity index (χ0v) is 10.7. The first-order valence-corrected chi connectivity index (χ1v) is 5.88. The average molecular weight is 255 g/mol. The van der Waals surface area contributed by atoms with Crippen molar-refractivity contribution in [2.24, 2.45) is 0 Å². The molecular formula is C12H12Cl2N2. The summed E-state index contributed by atoms with van der Waals surface area (Å²) in [6.07, 6.45) is 2.93. The van der Waals surface area contributed by atoms with Crippen LogP contribution in [0.15, 0.2) is 24.4 Å². The zero-order valence-electron chi connectivity index (χ0n) is 9.17. The Morgan fingerprint density at radius 3 is 2.38 bits per heavy atom. The lowest BCUT2D eigenvalue weighted by atomic mass is 10.2. The Hall–Kier alpha value is -0.990. The zero-order chi connectivity index (χ0) is 11.7. The van der Waals surface area contributed by atoms with E-state index in [0.29, 0.717) is 10.0 Å². The fraction of sp³-hybridized carbons (Fsp3) is 0.250. The lowest BCUT2D eigenvalue weighted by molar-refractivity contribution is 0.863. The minimum atomic E-state index is 0.609. The normalized spacial score (nSPS) is 10.8. The Morgan fingerprint density at radius 2 is 1.88 bits per heavy atom. The van der Waals surface area contributed by atoms with Crippen molar-refractivity contribution >= 4 is 23.2 Å². The summed E-state index contributed by atoms with van der Waals surface area (Å²) in [5, 5.41) is 5.64. The monoisotopic (exact) mass is 254 g/mol. The number of rotatable bonds is 2. The average Bonchev–Trinajstić information content (AvgIpc) is 2.59. The van der Waals surface area contributed by atoms with Gasteiger partial charge >= 0.3 is 0 Å². The number of aromatic nitrogens is 2. The molecule has 1 aromatic heterocycles. The van der Waals surface area contributed by atoms with Gasteiger partial charge in [-0.15, -0.1) is 0 Å². The van der Waals surface area contributed by atoms with Crippen LogP contribution in [0.2, 0.25) is 10.0 Å². The Kier molecular flexibility index (Phi) is 3.22. The second kappa shape index (κ2) is 4.48. The number of hydrogen-bond donors (Lipinski definition) is 0. The quantitative estimate of drug-likeness (QED) is 0.791. The fourth-order valence-corrected chi connectivity index (χ4v) is 2.24. The van der Waals surface area contributed by atoms with Crippen LogP contribution in [-0.4, -0.2) is 9.78 Å². The summed E-state index contributed by atoms with van der Waals surface area (Å²) >= 11 is 12.2. The molecule has 0 saturated heterocycles. The molecule has 4 heteroatoms. The van der Waals surface area contributed by atoms with E-state index < -0.39 is 0 Å². The third kappa shape index (κ3) is 1.95. The highest BCUT2D eigenvalue weighted by molar-refractivity contribution is 6.37. The van der Waals surface area contributed by atoms with Crippen LogP contribution in [0.3, 0.4) is 0 Å². The number of halogens is 2. The summed E-state index contributed by atoms with van der Waals surface area (Å²) in [4.78, 5) is 0. The molecule has 0 N–H and O–H groups in total. The van der Waals surface area contributed by atoms with Gasteiger partial charge in [0, 0.05) is 6.20 Å². The van der Waals surface area contributed by atoms with Crippen LogP contribution in [-0.2, 0) is 6.42 Å². The first-order valence-electron chi connectivity index (χ1n) is 5.13. The van der Waals surface area contributed by atoms with E-state index in [1.807, 2.05) is 31.3 Å². The van der Waals surface area contributed by atoms with Crippen molar-refractivity contribution in [1.29, 1.82) is 0 Å². The van der Waals surface area contributed by atoms with Gasteiger partial charge in [-0.05, 0) is 31.0 Å². The summed E-state index contributed by atoms with van der Waals surface area (Å²) in [7, 11) is 0. The molecule has 0 unspecified atom stereocenters. The highest BCUT2D eigenvalue weighted by Gasteiger charge is 2.10. The molecule has 0 spiro atoms. The smallest absolute Gasteiger partial charge is 0.102 e. The Morgan fingerprint density at radius 1 is 1.25 bits per heavy atom. The minimum absolute atomic E-state index is 0.609. The van der Waals surface area contributed by atoms with Crippen LogP contribution in [0.5, 0.6) is 0 Å². The molecule has 0 amide bonds. The lowest BCUT2D eigenvalue weighted by Crippen LogP contribution is -1.96. The molecule has 0 aliphatic heterocycles. The molecule has 84 valence electrons. The van der Waals surface area contributed by atoms with Crippen LogP contribution in [0.25, 0.3) is 5.69 Å². The SMILES string of the molecule is CCc1cn(-c2c(Cl)cccc2Cl)nc1C. The van der Waals surface area contributed by atoms with Gasteiger partial charge in [-0.3, -0.25) is 0 Å². The molecule has 1 heterocycles. The molecule has 0 atom stereocenters. The first kappa shape index (κ1) is 11.5. The third-order valence-corrected chi connectivity index (χ3v) is 3.16. The van der Waals surface area contributed by atoms with Gasteiger partial charge < -0.3 is 0 Å². The minimum Gasteiger partial charge on any atom is -0.237 e. The highest BCUT2D eigenvalue weighted by Crippen LogP contribution is 2.28. The molecule has 2 aromatic rings. The van der Waals surface area contributed by atoms with Gasteiger partial charge in [-0.25, -0.2) is 4.68 Å². The molecule has 1 aromatic carbocycles. The van der Waals surface area contributed by atoms with Crippen molar-refractivity contribution in [1.82, 2.24) is 9.78 Å². The van der Waals surface area contributed by atoms with E-state index in [0.717, 1.165) is 17.8 Å². The topological polar surface area (TPSA) is 17.8 Å². The molecule has 0 radical (unpaired) electrons. The summed E-state index contributed by atoms with van der Waals surface area (Å²) in [6, 6.07) is 5.45. The fourth-order valence-electron chi connectivity index (χ4n) is 1.67. The molecule has 0 fully saturated rings. The van der Waals surface area contributed by atoms with Crippen LogP contribution in [0.4, 0.5) is 0 Å². The highest BCUT2D eigenvalue weighted by atomic mass is 35.5. The van der Waals surface area contributed by atoms with Gasteiger partial charge in [0.05, 0.1) is 15.7 Å². The molecule has 2 nitrogen and oxygen atoms in total. The van der Waals surface area contributed by atoms with Crippen molar-refractivity contribution in [3.05, 3.63) is 45.7 Å². The first-order chi connectivity index (χ1) is 7.63. The maximum Gasteiger partial charge on any atom is 0.102 e. The predicted molar refractivity (Wildman–Crippen MR) is 67.7 cm³/mol. The van der Waals surface area contributed by atoms with E-state index in [9.17, 15) is 0 Å². The van der Waals surface area contributed by atoms with Crippen LogP contribution in [0, 0.1) is 6.92 Å². The van der Waals surface area contributed by atoms with Gasteiger partial charge in [0.1, 0.15) is 5.69 Å². The van der Waals surface area contributed by atoms with Gasteiger partial charge in [-0.1, -0.05) is 36.2 Å².